The van der Waals surface area contributed by atoms with Crippen LogP contribution in [-0.2, 0) is 11.2 Å². The SMILES string of the molecule is CC(C)(C)NC(Cc1cncc(C(N)=O)c1)C(=O)C(C)(C)C. The van der Waals surface area contributed by atoms with Crippen molar-refractivity contribution in [3.05, 3.63) is 29.6 Å². The summed E-state index contributed by atoms with van der Waals surface area (Å²) in [6, 6.07) is 1.35. The molecule has 0 aliphatic rings. The zero-order chi connectivity index (χ0) is 17.1. The van der Waals surface area contributed by atoms with Crippen LogP contribution in [0.15, 0.2) is 18.5 Å². The molecule has 0 bridgehead atoms. The fourth-order valence-corrected chi connectivity index (χ4v) is 2.22. The Morgan fingerprint density at radius 3 is 2.23 bits per heavy atom. The van der Waals surface area contributed by atoms with Gasteiger partial charge in [0.25, 0.3) is 0 Å². The van der Waals surface area contributed by atoms with Gasteiger partial charge in [-0.15, -0.1) is 0 Å². The second kappa shape index (κ2) is 6.57. The molecule has 0 saturated heterocycles. The Bertz CT molecular complexity index is 554. The van der Waals surface area contributed by atoms with E-state index in [4.69, 9.17) is 5.73 Å². The Morgan fingerprint density at radius 1 is 1.18 bits per heavy atom. The minimum Gasteiger partial charge on any atom is -0.366 e. The fraction of sp³-hybridized carbons (Fsp3) is 0.588. The standard InChI is InChI=1S/C17H27N3O2/c1-16(2,3)14(21)13(20-17(4,5)6)8-11-7-12(15(18)22)10-19-9-11/h7,9-10,13,20H,8H2,1-6H3,(H2,18,22). The summed E-state index contributed by atoms with van der Waals surface area (Å²) in [5.41, 5.74) is 5.81. The quantitative estimate of drug-likeness (QED) is 0.872. The maximum atomic E-state index is 12.7. The van der Waals surface area contributed by atoms with Gasteiger partial charge >= 0.3 is 0 Å². The number of ketones is 1. The summed E-state index contributed by atoms with van der Waals surface area (Å²) in [6.07, 6.45) is 3.57. The lowest BCUT2D eigenvalue weighted by Crippen LogP contribution is -2.51. The Kier molecular flexibility index (Phi) is 5.46. The molecule has 1 aromatic rings. The van der Waals surface area contributed by atoms with Crippen molar-refractivity contribution >= 4 is 11.7 Å². The number of pyridine rings is 1. The minimum atomic E-state index is -0.517. The third kappa shape index (κ3) is 5.56. The van der Waals surface area contributed by atoms with Gasteiger partial charge in [0, 0.05) is 23.3 Å². The molecule has 0 aliphatic carbocycles. The van der Waals surface area contributed by atoms with Gasteiger partial charge in [-0.3, -0.25) is 14.6 Å². The van der Waals surface area contributed by atoms with Gasteiger partial charge in [-0.1, -0.05) is 20.8 Å². The maximum absolute atomic E-state index is 12.7. The van der Waals surface area contributed by atoms with E-state index in [1.165, 1.54) is 6.20 Å². The molecular formula is C17H27N3O2. The van der Waals surface area contributed by atoms with Crippen molar-refractivity contribution in [2.75, 3.05) is 0 Å². The number of primary amides is 1. The Morgan fingerprint density at radius 2 is 1.77 bits per heavy atom. The van der Waals surface area contributed by atoms with Gasteiger partial charge in [-0.25, -0.2) is 0 Å². The Labute approximate surface area is 132 Å². The van der Waals surface area contributed by atoms with E-state index in [-0.39, 0.29) is 17.4 Å². The first-order valence-electron chi connectivity index (χ1n) is 7.46. The van der Waals surface area contributed by atoms with Gasteiger partial charge in [-0.05, 0) is 38.8 Å². The Hall–Kier alpha value is -1.75. The van der Waals surface area contributed by atoms with Crippen LogP contribution in [0.4, 0.5) is 0 Å². The number of carbonyl (C=O) groups is 2. The molecule has 1 rings (SSSR count). The van der Waals surface area contributed by atoms with E-state index < -0.39 is 11.3 Å². The molecule has 122 valence electrons. The molecule has 1 unspecified atom stereocenters. The highest BCUT2D eigenvalue weighted by Crippen LogP contribution is 2.20. The zero-order valence-corrected chi connectivity index (χ0v) is 14.4. The second-order valence-corrected chi connectivity index (χ2v) is 7.71. The number of hydrogen-bond acceptors (Lipinski definition) is 4. The van der Waals surface area contributed by atoms with E-state index in [0.29, 0.717) is 12.0 Å². The molecule has 1 aromatic heterocycles. The van der Waals surface area contributed by atoms with Crippen LogP contribution in [0, 0.1) is 5.41 Å². The van der Waals surface area contributed by atoms with Crippen LogP contribution in [-0.4, -0.2) is 28.3 Å². The van der Waals surface area contributed by atoms with E-state index in [1.54, 1.807) is 12.3 Å². The molecule has 1 atom stereocenters. The second-order valence-electron chi connectivity index (χ2n) is 7.71. The Balaban J connectivity index is 3.05. The lowest BCUT2D eigenvalue weighted by atomic mass is 9.83. The van der Waals surface area contributed by atoms with Crippen LogP contribution in [0.3, 0.4) is 0 Å². The molecule has 5 heteroatoms. The molecule has 22 heavy (non-hydrogen) atoms. The van der Waals surface area contributed by atoms with E-state index >= 15 is 0 Å². The highest BCUT2D eigenvalue weighted by molar-refractivity contribution is 5.92. The lowest BCUT2D eigenvalue weighted by Gasteiger charge is -2.31. The van der Waals surface area contributed by atoms with Crippen molar-refractivity contribution < 1.29 is 9.59 Å². The van der Waals surface area contributed by atoms with Crippen LogP contribution in [0.1, 0.15) is 57.5 Å². The predicted molar refractivity (Wildman–Crippen MR) is 87.6 cm³/mol. The van der Waals surface area contributed by atoms with E-state index in [1.807, 2.05) is 41.5 Å². The molecule has 0 radical (unpaired) electrons. The molecule has 0 saturated carbocycles. The lowest BCUT2D eigenvalue weighted by molar-refractivity contribution is -0.128. The molecule has 0 spiro atoms. The maximum Gasteiger partial charge on any atom is 0.250 e. The molecule has 5 nitrogen and oxygen atoms in total. The van der Waals surface area contributed by atoms with E-state index in [2.05, 4.69) is 10.3 Å². The number of nitrogens with one attached hydrogen (secondary N) is 1. The number of nitrogens with two attached hydrogens (primary N) is 1. The molecule has 1 amide bonds. The number of carbonyl (C=O) groups excluding carboxylic acids is 2. The van der Waals surface area contributed by atoms with Crippen LogP contribution in [0.25, 0.3) is 0 Å². The number of rotatable bonds is 5. The van der Waals surface area contributed by atoms with Gasteiger partial charge < -0.3 is 11.1 Å². The highest BCUT2D eigenvalue weighted by atomic mass is 16.1. The summed E-state index contributed by atoms with van der Waals surface area (Å²) in [4.78, 5) is 28.0. The number of aromatic nitrogens is 1. The normalized spacial score (nSPS) is 13.7. The molecule has 3 N–H and O–H groups in total. The molecule has 0 aromatic carbocycles. The molecule has 0 fully saturated rings. The van der Waals surface area contributed by atoms with Gasteiger partial charge in [0.2, 0.25) is 5.91 Å². The summed E-state index contributed by atoms with van der Waals surface area (Å²) < 4.78 is 0. The fourth-order valence-electron chi connectivity index (χ4n) is 2.22. The average molecular weight is 305 g/mol. The van der Waals surface area contributed by atoms with E-state index in [0.717, 1.165) is 5.56 Å². The highest BCUT2D eigenvalue weighted by Gasteiger charge is 2.32. The smallest absolute Gasteiger partial charge is 0.250 e. The van der Waals surface area contributed by atoms with Crippen molar-refractivity contribution in [1.29, 1.82) is 0 Å². The van der Waals surface area contributed by atoms with Crippen LogP contribution < -0.4 is 11.1 Å². The van der Waals surface area contributed by atoms with Crippen LogP contribution in [0.2, 0.25) is 0 Å². The predicted octanol–water partition coefficient (Wildman–Crippen LogP) is 2.09. The third-order valence-corrected chi connectivity index (χ3v) is 3.18. The largest absolute Gasteiger partial charge is 0.366 e. The van der Waals surface area contributed by atoms with Gasteiger partial charge in [-0.2, -0.15) is 0 Å². The zero-order valence-electron chi connectivity index (χ0n) is 14.4. The number of hydrogen-bond donors (Lipinski definition) is 2. The van der Waals surface area contributed by atoms with Crippen molar-refractivity contribution in [1.82, 2.24) is 10.3 Å². The van der Waals surface area contributed by atoms with Gasteiger partial charge in [0.1, 0.15) is 0 Å². The first-order valence-corrected chi connectivity index (χ1v) is 7.46. The van der Waals surface area contributed by atoms with E-state index in [9.17, 15) is 9.59 Å². The van der Waals surface area contributed by atoms with Gasteiger partial charge in [0.15, 0.2) is 5.78 Å². The molecule has 0 aliphatic heterocycles. The minimum absolute atomic E-state index is 0.131. The summed E-state index contributed by atoms with van der Waals surface area (Å²) in [7, 11) is 0. The monoisotopic (exact) mass is 305 g/mol. The number of nitrogens with zero attached hydrogens (tertiary/aromatic N) is 1. The first-order chi connectivity index (χ1) is 9.90. The number of Topliss-reactive ketones (excluding diaryl/α,β-unsaturated/α-hetero) is 1. The van der Waals surface area contributed by atoms with Crippen LogP contribution >= 0.6 is 0 Å². The molecular weight excluding hydrogens is 278 g/mol. The van der Waals surface area contributed by atoms with Crippen molar-refractivity contribution in [3.63, 3.8) is 0 Å². The van der Waals surface area contributed by atoms with Crippen molar-refractivity contribution in [2.45, 2.75) is 59.5 Å². The molecule has 1 heterocycles. The topological polar surface area (TPSA) is 85.1 Å². The number of amides is 1. The summed E-state index contributed by atoms with van der Waals surface area (Å²) in [6.45, 7) is 11.8. The third-order valence-electron chi connectivity index (χ3n) is 3.18. The summed E-state index contributed by atoms with van der Waals surface area (Å²) in [5.74, 6) is -0.385. The van der Waals surface area contributed by atoms with Gasteiger partial charge in [0.05, 0.1) is 11.6 Å². The summed E-state index contributed by atoms with van der Waals surface area (Å²) >= 11 is 0. The average Bonchev–Trinajstić information content (AvgIpc) is 2.34. The van der Waals surface area contributed by atoms with Crippen molar-refractivity contribution in [3.8, 4) is 0 Å². The van der Waals surface area contributed by atoms with Crippen molar-refractivity contribution in [2.24, 2.45) is 11.1 Å². The summed E-state index contributed by atoms with van der Waals surface area (Å²) in [5, 5.41) is 3.37. The van der Waals surface area contributed by atoms with Crippen LogP contribution in [0.5, 0.6) is 0 Å². The first kappa shape index (κ1) is 18.3.